The molecule has 0 bridgehead atoms. The summed E-state index contributed by atoms with van der Waals surface area (Å²) in [6.45, 7) is 3.48. The number of rotatable bonds is 2. The molecule has 0 aromatic rings. The van der Waals surface area contributed by atoms with Crippen LogP contribution in [-0.4, -0.2) is 12.0 Å². The molecule has 0 N–H and O–H groups in total. The third kappa shape index (κ3) is 3.41. The smallest absolute Gasteiger partial charge is 0.0949 e. The summed E-state index contributed by atoms with van der Waals surface area (Å²) in [5.74, 6) is 0.760. The second kappa shape index (κ2) is 3.76. The summed E-state index contributed by atoms with van der Waals surface area (Å²) in [7, 11) is 0. The highest BCUT2D eigenvalue weighted by Crippen LogP contribution is 1.97. The van der Waals surface area contributed by atoms with E-state index in [1.165, 1.54) is 0 Å². The van der Waals surface area contributed by atoms with E-state index >= 15 is 0 Å². The molecule has 38 valence electrons. The number of nitrogens with zero attached hydrogens (tertiary/aromatic N) is 1. The maximum absolute atomic E-state index is 8.10. The summed E-state index contributed by atoms with van der Waals surface area (Å²) in [4.78, 5) is 0. The SMILES string of the molecule is C=C(C#N)CSC. The summed E-state index contributed by atoms with van der Waals surface area (Å²) in [5.41, 5.74) is 0.646. The fraction of sp³-hybridized carbons (Fsp3) is 0.400. The number of hydrogen-bond acceptors (Lipinski definition) is 2. The first kappa shape index (κ1) is 6.58. The van der Waals surface area contributed by atoms with Crippen molar-refractivity contribution in [1.82, 2.24) is 0 Å². The molecule has 0 saturated carbocycles. The Bertz CT molecular complexity index is 101. The van der Waals surface area contributed by atoms with Gasteiger partial charge in [-0.1, -0.05) is 6.58 Å². The number of hydrogen-bond donors (Lipinski definition) is 0. The fourth-order valence-corrected chi connectivity index (χ4v) is 0.620. The highest BCUT2D eigenvalue weighted by Gasteiger charge is 1.83. The first-order valence-corrected chi connectivity index (χ1v) is 3.27. The fourth-order valence-electron chi connectivity index (χ4n) is 0.207. The molecule has 0 saturated heterocycles. The normalized spacial score (nSPS) is 7.43. The Labute approximate surface area is 48.0 Å². The lowest BCUT2D eigenvalue weighted by Gasteiger charge is -1.84. The van der Waals surface area contributed by atoms with Crippen molar-refractivity contribution in [2.24, 2.45) is 0 Å². The summed E-state index contributed by atoms with van der Waals surface area (Å²) in [5, 5.41) is 8.10. The molecule has 0 aromatic carbocycles. The topological polar surface area (TPSA) is 23.8 Å². The van der Waals surface area contributed by atoms with Crippen LogP contribution in [0.2, 0.25) is 0 Å². The van der Waals surface area contributed by atoms with E-state index in [1.54, 1.807) is 11.8 Å². The van der Waals surface area contributed by atoms with E-state index in [1.807, 2.05) is 12.3 Å². The van der Waals surface area contributed by atoms with E-state index in [0.29, 0.717) is 5.57 Å². The van der Waals surface area contributed by atoms with Crippen LogP contribution in [0.4, 0.5) is 0 Å². The van der Waals surface area contributed by atoms with Crippen LogP contribution in [0.5, 0.6) is 0 Å². The molecule has 0 aliphatic heterocycles. The molecule has 0 aliphatic rings. The summed E-state index contributed by atoms with van der Waals surface area (Å²) >= 11 is 1.61. The largest absolute Gasteiger partial charge is 0.193 e. The molecule has 0 radical (unpaired) electrons. The Hall–Kier alpha value is -0.420. The zero-order chi connectivity index (χ0) is 5.70. The quantitative estimate of drug-likeness (QED) is 0.506. The van der Waals surface area contributed by atoms with E-state index in [-0.39, 0.29) is 0 Å². The Morgan fingerprint density at radius 2 is 2.57 bits per heavy atom. The molecule has 0 unspecified atom stereocenters. The standard InChI is InChI=1S/C5H7NS/c1-5(3-6)4-7-2/h1,4H2,2H3. The monoisotopic (exact) mass is 113 g/mol. The summed E-state index contributed by atoms with van der Waals surface area (Å²) in [6.07, 6.45) is 1.95. The zero-order valence-corrected chi connectivity index (χ0v) is 5.09. The van der Waals surface area contributed by atoms with Crippen LogP contribution in [0.1, 0.15) is 0 Å². The van der Waals surface area contributed by atoms with Crippen LogP contribution in [0.15, 0.2) is 12.2 Å². The predicted molar refractivity (Wildman–Crippen MR) is 33.1 cm³/mol. The van der Waals surface area contributed by atoms with Gasteiger partial charge in [0.25, 0.3) is 0 Å². The number of thioether (sulfide) groups is 1. The van der Waals surface area contributed by atoms with Gasteiger partial charge in [0.05, 0.1) is 6.07 Å². The average Bonchev–Trinajstić information content (AvgIpc) is 1.68. The molecular formula is C5H7NS. The lowest BCUT2D eigenvalue weighted by Crippen LogP contribution is -1.76. The number of nitriles is 1. The Balaban J connectivity index is 3.24. The van der Waals surface area contributed by atoms with Crippen molar-refractivity contribution in [3.05, 3.63) is 12.2 Å². The first-order chi connectivity index (χ1) is 3.31. The van der Waals surface area contributed by atoms with E-state index < -0.39 is 0 Å². The van der Waals surface area contributed by atoms with Crippen molar-refractivity contribution in [1.29, 1.82) is 5.26 Å². The van der Waals surface area contributed by atoms with Crippen LogP contribution in [0.3, 0.4) is 0 Å². The maximum atomic E-state index is 8.10. The molecule has 0 heterocycles. The molecule has 7 heavy (non-hydrogen) atoms. The molecule has 0 rings (SSSR count). The van der Waals surface area contributed by atoms with Crippen LogP contribution in [-0.2, 0) is 0 Å². The van der Waals surface area contributed by atoms with E-state index in [4.69, 9.17) is 5.26 Å². The van der Waals surface area contributed by atoms with Crippen molar-refractivity contribution >= 4 is 11.8 Å². The second-order valence-electron chi connectivity index (χ2n) is 1.15. The molecule has 0 amide bonds. The van der Waals surface area contributed by atoms with E-state index in [0.717, 1.165) is 5.75 Å². The van der Waals surface area contributed by atoms with Crippen molar-refractivity contribution in [3.63, 3.8) is 0 Å². The van der Waals surface area contributed by atoms with Crippen LogP contribution in [0, 0.1) is 11.3 Å². The van der Waals surface area contributed by atoms with Gasteiger partial charge in [-0.15, -0.1) is 0 Å². The molecule has 2 heteroatoms. The van der Waals surface area contributed by atoms with Crippen LogP contribution >= 0.6 is 11.8 Å². The average molecular weight is 113 g/mol. The van der Waals surface area contributed by atoms with Gasteiger partial charge in [0.1, 0.15) is 0 Å². The molecule has 0 atom stereocenters. The Morgan fingerprint density at radius 1 is 2.00 bits per heavy atom. The summed E-state index contributed by atoms with van der Waals surface area (Å²) in [6, 6.07) is 1.95. The molecule has 0 aliphatic carbocycles. The molecule has 1 nitrogen and oxygen atoms in total. The van der Waals surface area contributed by atoms with Gasteiger partial charge in [-0.2, -0.15) is 17.0 Å². The van der Waals surface area contributed by atoms with Crippen LogP contribution < -0.4 is 0 Å². The maximum Gasteiger partial charge on any atom is 0.0949 e. The van der Waals surface area contributed by atoms with Gasteiger partial charge >= 0.3 is 0 Å². The van der Waals surface area contributed by atoms with Gasteiger partial charge in [0.2, 0.25) is 0 Å². The third-order valence-electron chi connectivity index (χ3n) is 0.477. The lowest BCUT2D eigenvalue weighted by atomic mass is 10.4. The van der Waals surface area contributed by atoms with E-state index in [2.05, 4.69) is 6.58 Å². The van der Waals surface area contributed by atoms with Gasteiger partial charge in [-0.25, -0.2) is 0 Å². The van der Waals surface area contributed by atoms with Gasteiger partial charge in [0, 0.05) is 11.3 Å². The van der Waals surface area contributed by atoms with E-state index in [9.17, 15) is 0 Å². The van der Waals surface area contributed by atoms with Gasteiger partial charge in [-0.3, -0.25) is 0 Å². The second-order valence-corrected chi connectivity index (χ2v) is 2.01. The zero-order valence-electron chi connectivity index (χ0n) is 4.27. The van der Waals surface area contributed by atoms with Gasteiger partial charge in [-0.05, 0) is 6.26 Å². The molecule has 0 aromatic heterocycles. The van der Waals surface area contributed by atoms with Gasteiger partial charge < -0.3 is 0 Å². The first-order valence-electron chi connectivity index (χ1n) is 1.88. The highest BCUT2D eigenvalue weighted by atomic mass is 32.2. The minimum atomic E-state index is 0.646. The molecular weight excluding hydrogens is 106 g/mol. The van der Waals surface area contributed by atoms with Crippen molar-refractivity contribution in [2.75, 3.05) is 12.0 Å². The minimum Gasteiger partial charge on any atom is -0.193 e. The van der Waals surface area contributed by atoms with Crippen molar-refractivity contribution in [2.45, 2.75) is 0 Å². The minimum absolute atomic E-state index is 0.646. The highest BCUT2D eigenvalue weighted by molar-refractivity contribution is 7.98. The third-order valence-corrected chi connectivity index (χ3v) is 1.11. The van der Waals surface area contributed by atoms with Crippen molar-refractivity contribution < 1.29 is 0 Å². The molecule has 0 spiro atoms. The van der Waals surface area contributed by atoms with Gasteiger partial charge in [0.15, 0.2) is 0 Å². The lowest BCUT2D eigenvalue weighted by molar-refractivity contribution is 1.47. The van der Waals surface area contributed by atoms with Crippen LogP contribution in [0.25, 0.3) is 0 Å². The Morgan fingerprint density at radius 3 is 2.71 bits per heavy atom. The Kier molecular flexibility index (Phi) is 3.53. The molecule has 0 fully saturated rings. The van der Waals surface area contributed by atoms with Crippen molar-refractivity contribution in [3.8, 4) is 6.07 Å². The predicted octanol–water partition coefficient (Wildman–Crippen LogP) is 1.43. The summed E-state index contributed by atoms with van der Waals surface area (Å²) < 4.78 is 0.